The van der Waals surface area contributed by atoms with Crippen molar-refractivity contribution in [1.82, 2.24) is 19.8 Å². The lowest BCUT2D eigenvalue weighted by molar-refractivity contribution is -0.185. The summed E-state index contributed by atoms with van der Waals surface area (Å²) in [6, 6.07) is 38.0. The average Bonchev–Trinajstić information content (AvgIpc) is 4.41. The Morgan fingerprint density at radius 1 is 0.512 bits per heavy atom. The van der Waals surface area contributed by atoms with Crippen LogP contribution in [-0.2, 0) is 85.3 Å². The minimum atomic E-state index is -2.80. The first-order valence-electron chi connectivity index (χ1n) is 24.5. The third-order valence-corrected chi connectivity index (χ3v) is 17.3. The van der Waals surface area contributed by atoms with Crippen LogP contribution in [0.4, 0.5) is 10.3 Å². The van der Waals surface area contributed by atoms with Crippen LogP contribution >= 0.6 is 70.6 Å². The second-order valence-corrected chi connectivity index (χ2v) is 22.9. The average molecular weight is 1180 g/mol. The molecule has 7 aromatic rings. The van der Waals surface area contributed by atoms with E-state index < -0.39 is 46.9 Å². The van der Waals surface area contributed by atoms with Crippen molar-refractivity contribution in [3.8, 4) is 32.4 Å². The van der Waals surface area contributed by atoms with Crippen LogP contribution in [0.1, 0.15) is 47.5 Å². The Hall–Kier alpha value is -8.00. The maximum atomic E-state index is 15.2. The highest BCUT2D eigenvalue weighted by molar-refractivity contribution is 8.35. The fourth-order valence-corrected chi connectivity index (χ4v) is 13.4. The highest BCUT2D eigenvalue weighted by atomic mass is 32.2. The summed E-state index contributed by atoms with van der Waals surface area (Å²) >= 11 is 14.7. The molecule has 6 heterocycles. The normalized spacial score (nSPS) is 16.5. The molecule has 80 heavy (non-hydrogen) atoms. The van der Waals surface area contributed by atoms with E-state index >= 15 is 19.2 Å². The lowest BCUT2D eigenvalue weighted by Crippen LogP contribution is -2.53. The number of hydrogen-bond acceptors (Lipinski definition) is 22. The molecular formula is C56H40N6O12S6. The number of carbonyl (C=O) groups excluding carboxylic acids is 6. The zero-order valence-electron chi connectivity index (χ0n) is 42.0. The summed E-state index contributed by atoms with van der Waals surface area (Å²) in [7, 11) is 0. The Labute approximate surface area is 483 Å². The quantitative estimate of drug-likeness (QED) is 0.0381. The summed E-state index contributed by atoms with van der Waals surface area (Å²) in [6.45, 7) is 2.87. The van der Waals surface area contributed by atoms with Crippen molar-refractivity contribution in [1.29, 1.82) is 0 Å². The van der Waals surface area contributed by atoms with Gasteiger partial charge < -0.3 is 28.4 Å². The number of amides is 2. The topological polar surface area (TPSA) is 215 Å². The van der Waals surface area contributed by atoms with Gasteiger partial charge in [0.15, 0.2) is 10.1 Å². The van der Waals surface area contributed by atoms with Gasteiger partial charge in [0.2, 0.25) is 10.3 Å². The van der Waals surface area contributed by atoms with Gasteiger partial charge in [0.25, 0.3) is 11.8 Å². The highest BCUT2D eigenvalue weighted by Gasteiger charge is 2.63. The molecule has 402 valence electrons. The maximum absolute atomic E-state index is 15.2. The van der Waals surface area contributed by atoms with E-state index in [9.17, 15) is 9.59 Å². The van der Waals surface area contributed by atoms with E-state index in [0.717, 1.165) is 46.2 Å². The molecule has 0 saturated carbocycles. The van der Waals surface area contributed by atoms with Gasteiger partial charge in [-0.2, -0.15) is 0 Å². The molecule has 5 aromatic carbocycles. The predicted octanol–water partition coefficient (Wildman–Crippen LogP) is 9.90. The minimum Gasteiger partial charge on any atom is -0.458 e. The van der Waals surface area contributed by atoms with Gasteiger partial charge in [-0.1, -0.05) is 168 Å². The number of hydrogen-bond donors (Lipinski definition) is 0. The molecule has 0 radical (unpaired) electrons. The minimum absolute atomic E-state index is 0.0198. The SMILES string of the molecule is CCN1C(=O)C(=Nc2nc3c(s2)-c2cc4c(cc2OC3(C(=O)OCc2ccccc2)C(=O)OCc2ccccc2)-c2sc(N=C3SC(=S)N(CC)C3=O)nc2C(C(=O)OCc2ccccc2)(C(=O)OCc2ccccc2)O4)SC1=S. The molecule has 11 rings (SSSR count). The third-order valence-electron chi connectivity index (χ3n) is 12.7. The Kier molecular flexibility index (Phi) is 15.3. The Balaban J connectivity index is 1.11. The molecule has 0 atom stereocenters. The van der Waals surface area contributed by atoms with E-state index in [1.807, 2.05) is 0 Å². The van der Waals surface area contributed by atoms with Crippen molar-refractivity contribution in [2.45, 2.75) is 51.5 Å². The standard InChI is InChI=1S/C56H40N6O12S6/c1-3-61-45(63)43(79-53(61)75)59-51-57-41-39(77-51)35-25-38-36(26-37(35)73-55(41,47(65)69-27-31-17-9-5-10-18-31)48(66)70-28-32-19-11-6-12-20-32)40-42(58-52(78-40)60-44-46(64)62(4-2)54(76)80-44)56(74-38,49(67)71-29-33-21-13-7-14-22-33)50(68)72-30-34-23-15-8-16-24-34/h5-26H,3-4,27-30H2,1-2H3. The second kappa shape index (κ2) is 22.6. The number of thiazole rings is 2. The Morgan fingerprint density at radius 3 is 1.09 bits per heavy atom. The van der Waals surface area contributed by atoms with E-state index in [4.69, 9.17) is 62.8 Å². The molecule has 0 bridgehead atoms. The molecule has 2 aromatic heterocycles. The van der Waals surface area contributed by atoms with Crippen molar-refractivity contribution in [2.75, 3.05) is 13.1 Å². The van der Waals surface area contributed by atoms with Gasteiger partial charge in [0, 0.05) is 24.2 Å². The molecule has 18 nitrogen and oxygen atoms in total. The monoisotopic (exact) mass is 1180 g/mol. The molecule has 4 aliphatic rings. The van der Waals surface area contributed by atoms with Crippen molar-refractivity contribution in [2.24, 2.45) is 9.98 Å². The molecular weight excluding hydrogens is 1140 g/mol. The van der Waals surface area contributed by atoms with Crippen LogP contribution in [-0.4, -0.2) is 87.3 Å². The van der Waals surface area contributed by atoms with Crippen LogP contribution in [0.15, 0.2) is 143 Å². The smallest absolute Gasteiger partial charge is 0.369 e. The van der Waals surface area contributed by atoms with Gasteiger partial charge in [0.1, 0.15) is 58.0 Å². The van der Waals surface area contributed by atoms with Crippen LogP contribution in [0, 0.1) is 0 Å². The van der Waals surface area contributed by atoms with Crippen LogP contribution < -0.4 is 9.47 Å². The summed E-state index contributed by atoms with van der Waals surface area (Å²) < 4.78 is 37.9. The molecule has 0 unspecified atom stereocenters. The number of benzene rings is 5. The fourth-order valence-electron chi connectivity index (χ4n) is 8.71. The fraction of sp³-hybridized carbons (Fsp3) is 0.179. The van der Waals surface area contributed by atoms with E-state index in [1.165, 1.54) is 21.9 Å². The number of ether oxygens (including phenoxy) is 6. The van der Waals surface area contributed by atoms with Crippen LogP contribution in [0.3, 0.4) is 0 Å². The first kappa shape index (κ1) is 54.0. The van der Waals surface area contributed by atoms with E-state index in [-0.39, 0.29) is 112 Å². The van der Waals surface area contributed by atoms with Crippen molar-refractivity contribution < 1.29 is 57.2 Å². The van der Waals surface area contributed by atoms with Crippen LogP contribution in [0.5, 0.6) is 11.5 Å². The number of fused-ring (bicyclic) bond motifs is 6. The maximum Gasteiger partial charge on any atom is 0.369 e. The van der Waals surface area contributed by atoms with Gasteiger partial charge >= 0.3 is 35.1 Å². The summed E-state index contributed by atoms with van der Waals surface area (Å²) in [5.41, 5.74) is -3.60. The molecule has 4 aliphatic heterocycles. The Morgan fingerprint density at radius 2 is 0.812 bits per heavy atom. The number of esters is 4. The predicted molar refractivity (Wildman–Crippen MR) is 308 cm³/mol. The van der Waals surface area contributed by atoms with Gasteiger partial charge in [-0.3, -0.25) is 19.4 Å². The molecule has 0 spiro atoms. The summed E-state index contributed by atoms with van der Waals surface area (Å²) in [4.78, 5) is 110. The molecule has 2 saturated heterocycles. The number of aromatic nitrogens is 2. The van der Waals surface area contributed by atoms with Crippen molar-refractivity contribution in [3.63, 3.8) is 0 Å². The number of thioether (sulfide) groups is 2. The summed E-state index contributed by atoms with van der Waals surface area (Å²) in [5, 5.41) is -0.215. The molecule has 0 N–H and O–H groups in total. The van der Waals surface area contributed by atoms with Gasteiger partial charge in [-0.25, -0.2) is 39.1 Å². The molecule has 2 amide bonds. The molecule has 2 fully saturated rings. The van der Waals surface area contributed by atoms with Crippen molar-refractivity contribution in [3.05, 3.63) is 167 Å². The number of nitrogens with zero attached hydrogens (tertiary/aromatic N) is 6. The summed E-state index contributed by atoms with van der Waals surface area (Å²) in [5.74, 6) is -6.02. The van der Waals surface area contributed by atoms with E-state index in [1.54, 1.807) is 135 Å². The first-order chi connectivity index (χ1) is 38.8. The van der Waals surface area contributed by atoms with Gasteiger partial charge in [0.05, 0.1) is 9.75 Å². The first-order valence-corrected chi connectivity index (χ1v) is 28.6. The van der Waals surface area contributed by atoms with Gasteiger partial charge in [-0.15, -0.1) is 0 Å². The lowest BCUT2D eigenvalue weighted by atomic mass is 9.89. The van der Waals surface area contributed by atoms with E-state index in [2.05, 4.69) is 9.98 Å². The van der Waals surface area contributed by atoms with E-state index in [0.29, 0.717) is 22.3 Å². The number of rotatable bonds is 16. The number of carbonyl (C=O) groups is 6. The molecule has 24 heteroatoms. The highest BCUT2D eigenvalue weighted by Crippen LogP contribution is 2.58. The van der Waals surface area contributed by atoms with Gasteiger partial charge in [-0.05, 0) is 71.8 Å². The molecule has 0 aliphatic carbocycles. The zero-order chi connectivity index (χ0) is 55.7. The zero-order valence-corrected chi connectivity index (χ0v) is 46.9. The lowest BCUT2D eigenvalue weighted by Gasteiger charge is -2.36. The third kappa shape index (κ3) is 10.1. The summed E-state index contributed by atoms with van der Waals surface area (Å²) in [6.07, 6.45) is 0. The Bertz CT molecular complexity index is 3390. The number of aliphatic imine (C=N–C) groups is 2. The van der Waals surface area contributed by atoms with Crippen molar-refractivity contribution >= 4 is 135 Å². The number of thiocarbonyl (C=S) groups is 2. The van der Waals surface area contributed by atoms with Crippen LogP contribution in [0.2, 0.25) is 0 Å². The van der Waals surface area contributed by atoms with Crippen LogP contribution in [0.25, 0.3) is 20.9 Å². The second-order valence-electron chi connectivity index (χ2n) is 17.7. The largest absolute Gasteiger partial charge is 0.458 e.